The average molecular weight is 289 g/mol. The van der Waals surface area contributed by atoms with Crippen LogP contribution in [0.15, 0.2) is 0 Å². The molecule has 0 bridgehead atoms. The summed E-state index contributed by atoms with van der Waals surface area (Å²) >= 11 is 0. The summed E-state index contributed by atoms with van der Waals surface area (Å²) in [5.41, 5.74) is 1.14. The Labute approximate surface area is 127 Å². The van der Waals surface area contributed by atoms with Crippen molar-refractivity contribution >= 4 is 11.6 Å². The maximum absolute atomic E-state index is 4.64. The van der Waals surface area contributed by atoms with Crippen molar-refractivity contribution in [2.24, 2.45) is 0 Å². The minimum absolute atomic E-state index is 0.541. The highest BCUT2D eigenvalue weighted by Crippen LogP contribution is 2.31. The number of aryl methyl sites for hydroxylation is 1. The van der Waals surface area contributed by atoms with Crippen LogP contribution in [0.25, 0.3) is 0 Å². The molecular weight excluding hydrogens is 262 g/mol. The van der Waals surface area contributed by atoms with Gasteiger partial charge in [0.1, 0.15) is 17.5 Å². The summed E-state index contributed by atoms with van der Waals surface area (Å²) in [5, 5.41) is 7.12. The van der Waals surface area contributed by atoms with Crippen molar-refractivity contribution in [1.29, 1.82) is 0 Å². The van der Waals surface area contributed by atoms with Gasteiger partial charge in [-0.05, 0) is 46.1 Å². The summed E-state index contributed by atoms with van der Waals surface area (Å²) in [4.78, 5) is 11.8. The number of hydrogen-bond donors (Lipinski definition) is 2. The number of rotatable bonds is 5. The van der Waals surface area contributed by atoms with Crippen molar-refractivity contribution in [3.05, 3.63) is 11.4 Å². The molecule has 116 valence electrons. The molecule has 2 fully saturated rings. The van der Waals surface area contributed by atoms with E-state index in [1.165, 1.54) is 32.4 Å². The second-order valence-electron chi connectivity index (χ2n) is 6.30. The van der Waals surface area contributed by atoms with Crippen LogP contribution in [0.5, 0.6) is 0 Å². The van der Waals surface area contributed by atoms with Crippen LogP contribution in [-0.4, -0.2) is 46.6 Å². The van der Waals surface area contributed by atoms with E-state index >= 15 is 0 Å². The summed E-state index contributed by atoms with van der Waals surface area (Å²) < 4.78 is 0. The molecule has 3 rings (SSSR count). The van der Waals surface area contributed by atoms with Crippen LogP contribution in [-0.2, 0) is 0 Å². The standard InChI is InChI=1S/C16H27N5/c1-4-8-17-15-11(2)16(19-12(3)18-15)20-13-7-10-21-9-5-6-14(13)21/h13-14H,4-10H2,1-3H3,(H2,17,18,19,20). The summed E-state index contributed by atoms with van der Waals surface area (Å²) in [6.07, 6.45) is 4.99. The lowest BCUT2D eigenvalue weighted by atomic mass is 10.1. The highest BCUT2D eigenvalue weighted by molar-refractivity contribution is 5.57. The minimum atomic E-state index is 0.541. The fraction of sp³-hybridized carbons (Fsp3) is 0.750. The molecule has 0 spiro atoms. The summed E-state index contributed by atoms with van der Waals surface area (Å²) in [5.74, 6) is 2.83. The molecule has 2 saturated heterocycles. The molecule has 0 aliphatic carbocycles. The molecule has 2 unspecified atom stereocenters. The Morgan fingerprint density at radius 2 is 1.95 bits per heavy atom. The van der Waals surface area contributed by atoms with Crippen LogP contribution in [0.4, 0.5) is 11.6 Å². The number of fused-ring (bicyclic) bond motifs is 1. The third-order valence-corrected chi connectivity index (χ3v) is 4.73. The second-order valence-corrected chi connectivity index (χ2v) is 6.30. The first-order valence-electron chi connectivity index (χ1n) is 8.28. The number of anilines is 2. The Bertz CT molecular complexity index is 502. The molecule has 0 amide bonds. The van der Waals surface area contributed by atoms with Gasteiger partial charge in [0.25, 0.3) is 0 Å². The van der Waals surface area contributed by atoms with Crippen LogP contribution in [0.3, 0.4) is 0 Å². The van der Waals surface area contributed by atoms with Crippen LogP contribution >= 0.6 is 0 Å². The average Bonchev–Trinajstić information content (AvgIpc) is 3.05. The number of nitrogens with one attached hydrogen (secondary N) is 2. The van der Waals surface area contributed by atoms with Gasteiger partial charge in [0, 0.05) is 30.7 Å². The lowest BCUT2D eigenvalue weighted by Crippen LogP contribution is -2.34. The van der Waals surface area contributed by atoms with Gasteiger partial charge in [0.05, 0.1) is 0 Å². The van der Waals surface area contributed by atoms with Gasteiger partial charge >= 0.3 is 0 Å². The molecule has 0 saturated carbocycles. The van der Waals surface area contributed by atoms with E-state index in [4.69, 9.17) is 0 Å². The molecule has 0 radical (unpaired) electrons. The maximum atomic E-state index is 4.64. The molecule has 2 N–H and O–H groups in total. The fourth-order valence-corrected chi connectivity index (χ4v) is 3.61. The number of hydrogen-bond acceptors (Lipinski definition) is 5. The summed E-state index contributed by atoms with van der Waals surface area (Å²) in [6.45, 7) is 9.71. The number of aromatic nitrogens is 2. The maximum Gasteiger partial charge on any atom is 0.135 e. The highest BCUT2D eigenvalue weighted by atomic mass is 15.2. The van der Waals surface area contributed by atoms with Crippen molar-refractivity contribution in [3.63, 3.8) is 0 Å². The molecule has 5 nitrogen and oxygen atoms in total. The van der Waals surface area contributed by atoms with Crippen LogP contribution < -0.4 is 10.6 Å². The van der Waals surface area contributed by atoms with Crippen molar-refractivity contribution in [2.45, 2.75) is 58.5 Å². The summed E-state index contributed by atoms with van der Waals surface area (Å²) in [6, 6.07) is 1.24. The lowest BCUT2D eigenvalue weighted by molar-refractivity contribution is 0.318. The first-order valence-corrected chi connectivity index (χ1v) is 8.28. The fourth-order valence-electron chi connectivity index (χ4n) is 3.61. The SMILES string of the molecule is CCCNc1nc(C)nc(NC2CCN3CCCC23)c1C. The van der Waals surface area contributed by atoms with E-state index < -0.39 is 0 Å². The van der Waals surface area contributed by atoms with Crippen LogP contribution in [0.2, 0.25) is 0 Å². The van der Waals surface area contributed by atoms with E-state index in [0.717, 1.165) is 36.0 Å². The van der Waals surface area contributed by atoms with Gasteiger partial charge in [-0.2, -0.15) is 0 Å². The third-order valence-electron chi connectivity index (χ3n) is 4.73. The molecule has 2 atom stereocenters. The molecule has 5 heteroatoms. The van der Waals surface area contributed by atoms with Crippen LogP contribution in [0, 0.1) is 13.8 Å². The Morgan fingerprint density at radius 1 is 1.14 bits per heavy atom. The first kappa shape index (κ1) is 14.6. The van der Waals surface area contributed by atoms with E-state index in [1.807, 2.05) is 6.92 Å². The number of nitrogens with zero attached hydrogens (tertiary/aromatic N) is 3. The molecule has 1 aromatic heterocycles. The van der Waals surface area contributed by atoms with Crippen LogP contribution in [0.1, 0.15) is 44.0 Å². The minimum Gasteiger partial charge on any atom is -0.370 e. The molecule has 21 heavy (non-hydrogen) atoms. The van der Waals surface area contributed by atoms with Gasteiger partial charge in [-0.1, -0.05) is 6.92 Å². The zero-order chi connectivity index (χ0) is 14.8. The first-order chi connectivity index (χ1) is 10.2. The Hall–Kier alpha value is -1.36. The zero-order valence-corrected chi connectivity index (χ0v) is 13.4. The zero-order valence-electron chi connectivity index (χ0n) is 13.4. The van der Waals surface area contributed by atoms with Gasteiger partial charge in [-0.25, -0.2) is 9.97 Å². The molecular formula is C16H27N5. The predicted molar refractivity (Wildman–Crippen MR) is 86.9 cm³/mol. The Morgan fingerprint density at radius 3 is 2.76 bits per heavy atom. The monoisotopic (exact) mass is 289 g/mol. The van der Waals surface area contributed by atoms with E-state index in [0.29, 0.717) is 12.1 Å². The van der Waals surface area contributed by atoms with E-state index in [1.54, 1.807) is 0 Å². The summed E-state index contributed by atoms with van der Waals surface area (Å²) in [7, 11) is 0. The molecule has 3 heterocycles. The molecule has 2 aliphatic heterocycles. The van der Waals surface area contributed by atoms with E-state index in [-0.39, 0.29) is 0 Å². The molecule has 2 aliphatic rings. The predicted octanol–water partition coefficient (Wildman–Crippen LogP) is 2.56. The van der Waals surface area contributed by atoms with Crippen molar-refractivity contribution in [1.82, 2.24) is 14.9 Å². The lowest BCUT2D eigenvalue weighted by Gasteiger charge is -2.23. The highest BCUT2D eigenvalue weighted by Gasteiger charge is 2.37. The smallest absolute Gasteiger partial charge is 0.135 e. The van der Waals surface area contributed by atoms with Crippen molar-refractivity contribution in [3.8, 4) is 0 Å². The Balaban J connectivity index is 1.76. The van der Waals surface area contributed by atoms with Gasteiger partial charge in [0.15, 0.2) is 0 Å². The second kappa shape index (κ2) is 6.18. The van der Waals surface area contributed by atoms with Crippen molar-refractivity contribution in [2.75, 3.05) is 30.3 Å². The van der Waals surface area contributed by atoms with Gasteiger partial charge in [-0.15, -0.1) is 0 Å². The van der Waals surface area contributed by atoms with Gasteiger partial charge in [-0.3, -0.25) is 4.90 Å². The molecule has 1 aromatic rings. The topological polar surface area (TPSA) is 53.1 Å². The van der Waals surface area contributed by atoms with Gasteiger partial charge < -0.3 is 10.6 Å². The quantitative estimate of drug-likeness (QED) is 0.872. The normalized spacial score (nSPS) is 25.1. The third kappa shape index (κ3) is 2.98. The molecule has 0 aromatic carbocycles. The van der Waals surface area contributed by atoms with Crippen molar-refractivity contribution < 1.29 is 0 Å². The van der Waals surface area contributed by atoms with Gasteiger partial charge in [0.2, 0.25) is 0 Å². The Kier molecular flexibility index (Phi) is 4.29. The van der Waals surface area contributed by atoms with E-state index in [2.05, 4.69) is 39.3 Å². The largest absolute Gasteiger partial charge is 0.370 e. The van der Waals surface area contributed by atoms with E-state index in [9.17, 15) is 0 Å².